The molecule has 0 atom stereocenters. The van der Waals surface area contributed by atoms with Crippen molar-refractivity contribution in [2.24, 2.45) is 0 Å². The standard InChI is InChI=1S/C27H48N2O6S2/c1-4-7-9-10-11-12-14-25(30)34-21-23-36-37-24-22-35-27(32)29(18-13-17-28-16-6-3)19-15-26(31)33-20-8-5-2/h2,28H,4,6-24H2,1,3H3. The summed E-state index contributed by atoms with van der Waals surface area (Å²) in [4.78, 5) is 37.7. The molecule has 0 spiro atoms. The van der Waals surface area contributed by atoms with Crippen LogP contribution in [0.1, 0.15) is 84.5 Å². The number of esters is 2. The van der Waals surface area contributed by atoms with Crippen molar-refractivity contribution in [2.45, 2.75) is 84.5 Å². The first-order valence-electron chi connectivity index (χ1n) is 13.7. The maximum atomic E-state index is 12.5. The van der Waals surface area contributed by atoms with E-state index in [-0.39, 0.29) is 38.1 Å². The van der Waals surface area contributed by atoms with Gasteiger partial charge in [0.25, 0.3) is 0 Å². The van der Waals surface area contributed by atoms with Crippen LogP contribution < -0.4 is 5.32 Å². The molecule has 214 valence electrons. The smallest absolute Gasteiger partial charge is 0.409 e. The van der Waals surface area contributed by atoms with Gasteiger partial charge in [0.05, 0.1) is 6.42 Å². The Hall–Kier alpha value is -1.57. The molecule has 37 heavy (non-hydrogen) atoms. The molecule has 0 unspecified atom stereocenters. The third-order valence-corrected chi connectivity index (χ3v) is 7.53. The van der Waals surface area contributed by atoms with E-state index in [2.05, 4.69) is 25.1 Å². The minimum absolute atomic E-state index is 0.101. The van der Waals surface area contributed by atoms with E-state index >= 15 is 0 Å². The Morgan fingerprint density at radius 3 is 2.11 bits per heavy atom. The zero-order valence-electron chi connectivity index (χ0n) is 22.9. The van der Waals surface area contributed by atoms with E-state index in [1.54, 1.807) is 26.5 Å². The molecule has 0 saturated carbocycles. The average Bonchev–Trinajstić information content (AvgIpc) is 2.89. The topological polar surface area (TPSA) is 94.2 Å². The monoisotopic (exact) mass is 560 g/mol. The highest BCUT2D eigenvalue weighted by molar-refractivity contribution is 8.76. The van der Waals surface area contributed by atoms with E-state index in [9.17, 15) is 14.4 Å². The first kappa shape index (κ1) is 35.4. The Kier molecular flexibility index (Phi) is 26.3. The molecule has 0 aromatic carbocycles. The first-order chi connectivity index (χ1) is 18.0. The van der Waals surface area contributed by atoms with Crippen LogP contribution >= 0.6 is 21.6 Å². The molecule has 0 rings (SSSR count). The Balaban J connectivity index is 4.00. The van der Waals surface area contributed by atoms with Crippen LogP contribution in [0.3, 0.4) is 0 Å². The van der Waals surface area contributed by atoms with Crippen LogP contribution in [0.4, 0.5) is 4.79 Å². The van der Waals surface area contributed by atoms with Crippen molar-refractivity contribution < 1.29 is 28.6 Å². The van der Waals surface area contributed by atoms with E-state index in [4.69, 9.17) is 20.6 Å². The van der Waals surface area contributed by atoms with Gasteiger partial charge in [-0.3, -0.25) is 9.59 Å². The van der Waals surface area contributed by atoms with Gasteiger partial charge in [-0.1, -0.05) is 67.5 Å². The molecule has 0 aliphatic heterocycles. The van der Waals surface area contributed by atoms with Crippen LogP contribution in [0.2, 0.25) is 0 Å². The van der Waals surface area contributed by atoms with E-state index < -0.39 is 6.09 Å². The third-order valence-electron chi connectivity index (χ3n) is 5.20. The van der Waals surface area contributed by atoms with Gasteiger partial charge < -0.3 is 24.4 Å². The highest BCUT2D eigenvalue weighted by Gasteiger charge is 2.16. The SMILES string of the molecule is C#CCCOC(=O)CCN(CCCNCCC)C(=O)OCCSSCCOC(=O)CCCCCCCC. The Morgan fingerprint density at radius 1 is 0.757 bits per heavy atom. The molecule has 0 saturated heterocycles. The van der Waals surface area contributed by atoms with Crippen LogP contribution in [0.25, 0.3) is 0 Å². The molecule has 0 aromatic heterocycles. The molecule has 1 amide bonds. The predicted octanol–water partition coefficient (Wildman–Crippen LogP) is 5.45. The summed E-state index contributed by atoms with van der Waals surface area (Å²) < 4.78 is 15.7. The fraction of sp³-hybridized carbons (Fsp3) is 0.815. The lowest BCUT2D eigenvalue weighted by atomic mass is 10.1. The number of nitrogens with one attached hydrogen (secondary N) is 1. The quantitative estimate of drug-likeness (QED) is 0.0514. The lowest BCUT2D eigenvalue weighted by Crippen LogP contribution is -2.36. The molecule has 0 fully saturated rings. The lowest BCUT2D eigenvalue weighted by Gasteiger charge is -2.22. The second kappa shape index (κ2) is 27.5. The van der Waals surface area contributed by atoms with Gasteiger partial charge in [0.15, 0.2) is 0 Å². The summed E-state index contributed by atoms with van der Waals surface area (Å²) in [6.45, 7) is 7.61. The fourth-order valence-electron chi connectivity index (χ4n) is 3.20. The van der Waals surface area contributed by atoms with Gasteiger partial charge in [0.2, 0.25) is 0 Å². The molecule has 10 heteroatoms. The Morgan fingerprint density at radius 2 is 1.41 bits per heavy atom. The maximum Gasteiger partial charge on any atom is 0.409 e. The zero-order chi connectivity index (χ0) is 27.4. The molecule has 8 nitrogen and oxygen atoms in total. The minimum atomic E-state index is -0.429. The number of unbranched alkanes of at least 4 members (excludes halogenated alkanes) is 5. The lowest BCUT2D eigenvalue weighted by molar-refractivity contribution is -0.144. The number of carbonyl (C=O) groups excluding carboxylic acids is 3. The van der Waals surface area contributed by atoms with Crippen molar-refractivity contribution in [1.29, 1.82) is 0 Å². The summed E-state index contributed by atoms with van der Waals surface area (Å²) in [5.74, 6) is 3.24. The fourth-order valence-corrected chi connectivity index (χ4v) is 4.85. The van der Waals surface area contributed by atoms with Crippen molar-refractivity contribution in [1.82, 2.24) is 10.2 Å². The summed E-state index contributed by atoms with van der Waals surface area (Å²) in [6, 6.07) is 0. The number of terminal acetylenes is 1. The van der Waals surface area contributed by atoms with Gasteiger partial charge >= 0.3 is 18.0 Å². The Bertz CT molecular complexity index is 631. The average molecular weight is 561 g/mol. The summed E-state index contributed by atoms with van der Waals surface area (Å²) >= 11 is 0. The zero-order valence-corrected chi connectivity index (χ0v) is 24.6. The number of rotatable bonds is 25. The van der Waals surface area contributed by atoms with Crippen LogP contribution in [-0.4, -0.2) is 80.4 Å². The summed E-state index contributed by atoms with van der Waals surface area (Å²) in [7, 11) is 3.16. The van der Waals surface area contributed by atoms with Gasteiger partial charge in [-0.25, -0.2) is 4.79 Å². The van der Waals surface area contributed by atoms with Crippen LogP contribution in [0, 0.1) is 12.3 Å². The second-order valence-corrected chi connectivity index (χ2v) is 11.2. The number of nitrogens with zero attached hydrogens (tertiary/aromatic N) is 1. The van der Waals surface area contributed by atoms with E-state index in [1.165, 1.54) is 25.7 Å². The normalized spacial score (nSPS) is 10.5. The van der Waals surface area contributed by atoms with E-state index in [0.717, 1.165) is 38.8 Å². The van der Waals surface area contributed by atoms with Crippen molar-refractivity contribution in [3.05, 3.63) is 0 Å². The number of hydrogen-bond acceptors (Lipinski definition) is 9. The number of amides is 1. The number of ether oxygens (including phenoxy) is 3. The van der Waals surface area contributed by atoms with Gasteiger partial charge in [0.1, 0.15) is 19.8 Å². The second-order valence-electron chi connectivity index (χ2n) is 8.51. The summed E-state index contributed by atoms with van der Waals surface area (Å²) in [6.07, 6.45) is 14.4. The molecule has 0 bridgehead atoms. The summed E-state index contributed by atoms with van der Waals surface area (Å²) in [5.41, 5.74) is 0. The largest absolute Gasteiger partial charge is 0.465 e. The van der Waals surface area contributed by atoms with Gasteiger partial charge in [-0.2, -0.15) is 0 Å². The van der Waals surface area contributed by atoms with Gasteiger partial charge in [-0.15, -0.1) is 12.3 Å². The van der Waals surface area contributed by atoms with Gasteiger partial charge in [0, 0.05) is 37.4 Å². The van der Waals surface area contributed by atoms with Gasteiger partial charge in [-0.05, 0) is 32.4 Å². The van der Waals surface area contributed by atoms with Crippen molar-refractivity contribution in [3.63, 3.8) is 0 Å². The molecule has 1 N–H and O–H groups in total. The van der Waals surface area contributed by atoms with Crippen molar-refractivity contribution in [3.8, 4) is 12.3 Å². The maximum absolute atomic E-state index is 12.5. The van der Waals surface area contributed by atoms with Crippen LogP contribution in [-0.2, 0) is 23.8 Å². The Labute approximate surface area is 232 Å². The summed E-state index contributed by atoms with van der Waals surface area (Å²) in [5, 5.41) is 3.30. The molecule has 0 radical (unpaired) electrons. The van der Waals surface area contributed by atoms with Crippen molar-refractivity contribution >= 4 is 39.6 Å². The molecular formula is C27H48N2O6S2. The predicted molar refractivity (Wildman–Crippen MR) is 154 cm³/mol. The van der Waals surface area contributed by atoms with Crippen LogP contribution in [0.15, 0.2) is 0 Å². The molecule has 0 aliphatic rings. The van der Waals surface area contributed by atoms with E-state index in [1.807, 2.05) is 0 Å². The molecular weight excluding hydrogens is 512 g/mol. The van der Waals surface area contributed by atoms with Crippen LogP contribution in [0.5, 0.6) is 0 Å². The molecule has 0 aliphatic carbocycles. The molecule has 0 aromatic rings. The minimum Gasteiger partial charge on any atom is -0.465 e. The number of carbonyl (C=O) groups is 3. The number of hydrogen-bond donors (Lipinski definition) is 1. The first-order valence-corrected chi connectivity index (χ1v) is 16.1. The molecule has 0 heterocycles. The van der Waals surface area contributed by atoms with E-state index in [0.29, 0.717) is 37.5 Å². The third kappa shape index (κ3) is 24.5. The van der Waals surface area contributed by atoms with Crippen molar-refractivity contribution in [2.75, 3.05) is 57.5 Å². The highest BCUT2D eigenvalue weighted by Crippen LogP contribution is 2.20. The highest BCUT2D eigenvalue weighted by atomic mass is 33.1.